The number of carbonyl (C=O) groups is 1. The van der Waals surface area contributed by atoms with Crippen molar-refractivity contribution in [2.45, 2.75) is 37.7 Å². The Morgan fingerprint density at radius 1 is 1.36 bits per heavy atom. The summed E-state index contributed by atoms with van der Waals surface area (Å²) < 4.78 is 58.5. The molecule has 1 amide bonds. The second-order valence-corrected chi connectivity index (χ2v) is 10.6. The van der Waals surface area contributed by atoms with Crippen LogP contribution in [0.15, 0.2) is 36.5 Å². The molecule has 0 aliphatic carbocycles. The molecule has 1 aromatic heterocycles. The number of benzene rings is 1. The average Bonchev–Trinajstić information content (AvgIpc) is 2.73. The van der Waals surface area contributed by atoms with Crippen LogP contribution < -0.4 is 15.8 Å². The van der Waals surface area contributed by atoms with Crippen molar-refractivity contribution in [1.29, 1.82) is 5.41 Å². The van der Waals surface area contributed by atoms with Gasteiger partial charge >= 0.3 is 6.61 Å². The fraction of sp³-hybridized carbons (Fsp3) is 0.381. The fourth-order valence-corrected chi connectivity index (χ4v) is 4.80. The van der Waals surface area contributed by atoms with Crippen molar-refractivity contribution in [3.8, 4) is 5.75 Å². The van der Waals surface area contributed by atoms with Gasteiger partial charge in [-0.3, -0.25) is 10.2 Å². The number of pyridine rings is 1. The molecule has 4 N–H and O–H groups in total. The van der Waals surface area contributed by atoms with E-state index in [-0.39, 0.29) is 23.8 Å². The van der Waals surface area contributed by atoms with Crippen LogP contribution in [-0.2, 0) is 21.2 Å². The summed E-state index contributed by atoms with van der Waals surface area (Å²) in [5, 5.41) is 10.3. The van der Waals surface area contributed by atoms with Crippen LogP contribution in [0.25, 0.3) is 0 Å². The number of amidine groups is 1. The number of halogens is 2. The topological polar surface area (TPSA) is 144 Å². The zero-order valence-electron chi connectivity index (χ0n) is 18.0. The van der Waals surface area contributed by atoms with Gasteiger partial charge in [0.15, 0.2) is 9.84 Å². The van der Waals surface area contributed by atoms with E-state index in [1.165, 1.54) is 26.0 Å². The highest BCUT2D eigenvalue weighted by molar-refractivity contribution is 7.93. The van der Waals surface area contributed by atoms with Gasteiger partial charge in [-0.2, -0.15) is 8.78 Å². The molecule has 0 bridgehead atoms. The van der Waals surface area contributed by atoms with E-state index in [4.69, 9.17) is 15.9 Å². The Morgan fingerprint density at radius 2 is 2.09 bits per heavy atom. The maximum atomic E-state index is 12.9. The van der Waals surface area contributed by atoms with Crippen molar-refractivity contribution in [3.63, 3.8) is 0 Å². The third kappa shape index (κ3) is 5.45. The quantitative estimate of drug-likeness (QED) is 0.387. The Labute approximate surface area is 189 Å². The first-order valence-electron chi connectivity index (χ1n) is 9.90. The van der Waals surface area contributed by atoms with E-state index < -0.39 is 38.9 Å². The molecule has 0 spiro atoms. The Kier molecular flexibility index (Phi) is 6.98. The predicted molar refractivity (Wildman–Crippen MR) is 117 cm³/mol. The van der Waals surface area contributed by atoms with Gasteiger partial charge in [0.1, 0.15) is 22.0 Å². The molecule has 3 rings (SSSR count). The van der Waals surface area contributed by atoms with Crippen molar-refractivity contribution >= 4 is 27.3 Å². The van der Waals surface area contributed by atoms with Crippen molar-refractivity contribution in [1.82, 2.24) is 4.98 Å². The molecule has 2 heterocycles. The summed E-state index contributed by atoms with van der Waals surface area (Å²) >= 11 is 0. The Bertz CT molecular complexity index is 1150. The highest BCUT2D eigenvalue weighted by atomic mass is 32.2. The summed E-state index contributed by atoms with van der Waals surface area (Å²) in [4.78, 5) is 16.3. The van der Waals surface area contributed by atoms with Gasteiger partial charge in [0.2, 0.25) is 0 Å². The fourth-order valence-electron chi connectivity index (χ4n) is 3.25. The largest absolute Gasteiger partial charge is 0.433 e. The number of alkyl halides is 2. The molecule has 1 unspecified atom stereocenters. The van der Waals surface area contributed by atoms with E-state index in [1.54, 1.807) is 18.2 Å². The highest BCUT2D eigenvalue weighted by Crippen LogP contribution is 2.33. The van der Waals surface area contributed by atoms with Crippen LogP contribution in [-0.4, -0.2) is 48.9 Å². The first-order valence-corrected chi connectivity index (χ1v) is 11.6. The number of anilines is 1. The number of nitrogens with two attached hydrogens (primary N) is 1. The highest BCUT2D eigenvalue weighted by Gasteiger charge is 2.40. The van der Waals surface area contributed by atoms with E-state index in [2.05, 4.69) is 15.0 Å². The maximum Gasteiger partial charge on any atom is 0.387 e. The van der Waals surface area contributed by atoms with Gasteiger partial charge in [0.25, 0.3) is 5.91 Å². The second-order valence-electron chi connectivity index (χ2n) is 8.04. The Morgan fingerprint density at radius 3 is 2.70 bits per heavy atom. The number of nitrogens with zero attached hydrogens (tertiary/aromatic N) is 1. The standard InChI is InChI=1S/C21H24F2N4O5S/c1-21(2,19(24)25)33(29,30)11-13-10-31-9-12-3-4-14(7-16(12)13)27-18(28)17-6-5-15(8-26-17)32-20(22)23/h3-8,13,20H,9-11H2,1-2H3,(H3,24,25)(H,27,28). The van der Waals surface area contributed by atoms with E-state index in [0.29, 0.717) is 17.9 Å². The van der Waals surface area contributed by atoms with Crippen LogP contribution in [0.2, 0.25) is 0 Å². The molecule has 0 saturated carbocycles. The lowest BCUT2D eigenvalue weighted by atomic mass is 9.94. The molecule has 178 valence electrons. The van der Waals surface area contributed by atoms with Crippen molar-refractivity contribution in [2.24, 2.45) is 5.73 Å². The predicted octanol–water partition coefficient (Wildman–Crippen LogP) is 2.68. The molecule has 9 nitrogen and oxygen atoms in total. The van der Waals surface area contributed by atoms with Crippen molar-refractivity contribution < 1.29 is 31.5 Å². The number of hydrogen-bond acceptors (Lipinski definition) is 7. The smallest absolute Gasteiger partial charge is 0.387 e. The number of carbonyl (C=O) groups excluding carboxylic acids is 1. The molecular weight excluding hydrogens is 458 g/mol. The summed E-state index contributed by atoms with van der Waals surface area (Å²) in [7, 11) is -3.79. The van der Waals surface area contributed by atoms with Crippen LogP contribution in [0.3, 0.4) is 0 Å². The van der Waals surface area contributed by atoms with Gasteiger partial charge in [0.05, 0.1) is 25.2 Å². The molecule has 12 heteroatoms. The molecule has 1 atom stereocenters. The molecule has 0 radical (unpaired) electrons. The van der Waals surface area contributed by atoms with Gasteiger partial charge in [-0.25, -0.2) is 13.4 Å². The monoisotopic (exact) mass is 482 g/mol. The lowest BCUT2D eigenvalue weighted by Crippen LogP contribution is -2.47. The van der Waals surface area contributed by atoms with Gasteiger partial charge in [-0.1, -0.05) is 6.07 Å². The molecule has 0 fully saturated rings. The van der Waals surface area contributed by atoms with E-state index in [9.17, 15) is 22.0 Å². The van der Waals surface area contributed by atoms with Crippen LogP contribution in [0, 0.1) is 5.41 Å². The molecule has 1 aromatic carbocycles. The van der Waals surface area contributed by atoms with Crippen LogP contribution >= 0.6 is 0 Å². The molecule has 0 saturated heterocycles. The van der Waals surface area contributed by atoms with Gasteiger partial charge in [-0.05, 0) is 49.2 Å². The molecule has 33 heavy (non-hydrogen) atoms. The zero-order valence-corrected chi connectivity index (χ0v) is 18.8. The minimum atomic E-state index is -3.79. The lowest BCUT2D eigenvalue weighted by Gasteiger charge is -2.30. The summed E-state index contributed by atoms with van der Waals surface area (Å²) in [6, 6.07) is 7.50. The Balaban J connectivity index is 1.79. The second kappa shape index (κ2) is 9.40. The lowest BCUT2D eigenvalue weighted by molar-refractivity contribution is -0.0500. The van der Waals surface area contributed by atoms with Crippen LogP contribution in [0.5, 0.6) is 5.75 Å². The molecule has 1 aliphatic heterocycles. The number of aromatic nitrogens is 1. The molecule has 2 aromatic rings. The van der Waals surface area contributed by atoms with E-state index in [1.807, 2.05) is 0 Å². The molecular formula is C21H24F2N4O5S. The molecule has 1 aliphatic rings. The number of fused-ring (bicyclic) bond motifs is 1. The van der Waals surface area contributed by atoms with E-state index in [0.717, 1.165) is 11.8 Å². The number of sulfone groups is 1. The van der Waals surface area contributed by atoms with Crippen molar-refractivity contribution in [3.05, 3.63) is 53.3 Å². The van der Waals surface area contributed by atoms with Gasteiger partial charge in [0, 0.05) is 11.6 Å². The number of nitrogens with one attached hydrogen (secondary N) is 2. The first kappa shape index (κ1) is 24.5. The maximum absolute atomic E-state index is 12.9. The van der Waals surface area contributed by atoms with Gasteiger partial charge < -0.3 is 20.5 Å². The minimum Gasteiger partial charge on any atom is -0.433 e. The minimum absolute atomic E-state index is 0.0139. The zero-order chi connectivity index (χ0) is 24.4. The number of amides is 1. The number of hydrogen-bond donors (Lipinski definition) is 3. The Hall–Kier alpha value is -3.12. The SMILES string of the molecule is CC(C)(C(=N)N)S(=O)(=O)CC1COCc2ccc(NC(=O)c3ccc(OC(F)F)cn3)cc21. The first-order chi connectivity index (χ1) is 15.4. The van der Waals surface area contributed by atoms with Crippen molar-refractivity contribution in [2.75, 3.05) is 17.7 Å². The van der Waals surface area contributed by atoms with Crippen LogP contribution in [0.1, 0.15) is 41.4 Å². The van der Waals surface area contributed by atoms with Crippen LogP contribution in [0.4, 0.5) is 14.5 Å². The number of rotatable bonds is 8. The number of ether oxygens (including phenoxy) is 2. The van der Waals surface area contributed by atoms with E-state index >= 15 is 0 Å². The summed E-state index contributed by atoms with van der Waals surface area (Å²) in [5.41, 5.74) is 7.38. The summed E-state index contributed by atoms with van der Waals surface area (Å²) in [6.07, 6.45) is 1.02. The normalized spacial score (nSPS) is 16.2. The average molecular weight is 483 g/mol. The third-order valence-electron chi connectivity index (χ3n) is 5.46. The summed E-state index contributed by atoms with van der Waals surface area (Å²) in [6.45, 7) is 0.227. The third-order valence-corrected chi connectivity index (χ3v) is 8.08. The van der Waals surface area contributed by atoms with Gasteiger partial charge in [-0.15, -0.1) is 0 Å². The summed E-state index contributed by atoms with van der Waals surface area (Å²) in [5.74, 6) is -1.99.